The fourth-order valence-electron chi connectivity index (χ4n) is 3.00. The van der Waals surface area contributed by atoms with Crippen LogP contribution in [0.15, 0.2) is 28.7 Å². The Morgan fingerprint density at radius 1 is 1.43 bits per heavy atom. The van der Waals surface area contributed by atoms with E-state index >= 15 is 0 Å². The van der Waals surface area contributed by atoms with Crippen molar-refractivity contribution in [2.75, 3.05) is 26.2 Å². The van der Waals surface area contributed by atoms with Gasteiger partial charge in [0.05, 0.1) is 6.61 Å². The van der Waals surface area contributed by atoms with Crippen LogP contribution >= 0.6 is 0 Å². The lowest BCUT2D eigenvalue weighted by molar-refractivity contribution is -0.0950. The van der Waals surface area contributed by atoms with Gasteiger partial charge in [-0.25, -0.2) is 0 Å². The Balaban J connectivity index is 1.79. The molecule has 0 bridgehead atoms. The van der Waals surface area contributed by atoms with Gasteiger partial charge in [0.2, 0.25) is 0 Å². The van der Waals surface area contributed by atoms with Crippen LogP contribution < -0.4 is 0 Å². The van der Waals surface area contributed by atoms with Gasteiger partial charge in [-0.2, -0.15) is 0 Å². The molecule has 3 rings (SSSR count). The molecule has 1 saturated heterocycles. The molecule has 21 heavy (non-hydrogen) atoms. The second-order valence-corrected chi connectivity index (χ2v) is 5.80. The number of para-hydroxylation sites is 1. The summed E-state index contributed by atoms with van der Waals surface area (Å²) in [5.41, 5.74) is 1.94. The average molecular weight is 289 g/mol. The van der Waals surface area contributed by atoms with E-state index in [0.717, 1.165) is 42.6 Å². The van der Waals surface area contributed by atoms with Crippen molar-refractivity contribution in [2.45, 2.75) is 32.5 Å². The highest BCUT2D eigenvalue weighted by atomic mass is 16.5. The van der Waals surface area contributed by atoms with E-state index in [4.69, 9.17) is 9.15 Å². The predicted octanol–water partition coefficient (Wildman–Crippen LogP) is 2.89. The van der Waals surface area contributed by atoms with E-state index in [0.29, 0.717) is 12.4 Å². The number of furan rings is 1. The molecule has 1 aliphatic rings. The molecule has 0 spiro atoms. The number of hydrogen-bond acceptors (Lipinski definition) is 4. The van der Waals surface area contributed by atoms with Crippen molar-refractivity contribution in [3.05, 3.63) is 35.6 Å². The van der Waals surface area contributed by atoms with Gasteiger partial charge in [0.15, 0.2) is 0 Å². The van der Waals surface area contributed by atoms with E-state index in [2.05, 4.69) is 11.8 Å². The molecule has 1 fully saturated rings. The molecule has 2 aromatic rings. The fraction of sp³-hybridized carbons (Fsp3) is 0.529. The Bertz CT molecular complexity index is 605. The Kier molecular flexibility index (Phi) is 4.29. The monoisotopic (exact) mass is 289 g/mol. The smallest absolute Gasteiger partial charge is 0.139 e. The number of aliphatic hydroxyl groups is 1. The van der Waals surface area contributed by atoms with Crippen LogP contribution in [0.3, 0.4) is 0 Å². The van der Waals surface area contributed by atoms with Gasteiger partial charge in [-0.05, 0) is 31.5 Å². The van der Waals surface area contributed by atoms with Crippen molar-refractivity contribution in [2.24, 2.45) is 0 Å². The second-order valence-electron chi connectivity index (χ2n) is 5.80. The van der Waals surface area contributed by atoms with E-state index in [9.17, 15) is 5.11 Å². The van der Waals surface area contributed by atoms with Crippen LogP contribution in [0.5, 0.6) is 0 Å². The maximum Gasteiger partial charge on any atom is 0.139 e. The maximum atomic E-state index is 10.6. The number of hydrogen-bond donors (Lipinski definition) is 1. The number of ether oxygens (including phenoxy) is 1. The first-order chi connectivity index (χ1) is 10.2. The number of rotatable bonds is 4. The molecule has 1 aromatic carbocycles. The lowest BCUT2D eigenvalue weighted by Gasteiger charge is -2.34. The molecule has 1 N–H and O–H groups in total. The Labute approximate surface area is 125 Å². The molecular weight excluding hydrogens is 266 g/mol. The molecule has 4 heteroatoms. The number of aryl methyl sites for hydroxylation is 1. The van der Waals surface area contributed by atoms with Gasteiger partial charge in [0, 0.05) is 18.5 Å². The lowest BCUT2D eigenvalue weighted by atomic mass is 10.1. The normalized spacial score (nSPS) is 21.8. The van der Waals surface area contributed by atoms with Crippen molar-refractivity contribution in [3.8, 4) is 0 Å². The summed E-state index contributed by atoms with van der Waals surface area (Å²) in [4.78, 5) is 2.34. The third kappa shape index (κ3) is 2.98. The number of fused-ring (bicyclic) bond motifs is 1. The van der Waals surface area contributed by atoms with Crippen molar-refractivity contribution < 1.29 is 14.3 Å². The predicted molar refractivity (Wildman–Crippen MR) is 82.4 cm³/mol. The highest BCUT2D eigenvalue weighted by Gasteiger charge is 2.29. The molecule has 0 amide bonds. The SMILES string of the molecule is CCCN1CCOC(C(O)c2cc3cccc(C)c3o2)C1. The molecule has 4 nitrogen and oxygen atoms in total. The summed E-state index contributed by atoms with van der Waals surface area (Å²) < 4.78 is 11.6. The molecule has 114 valence electrons. The molecule has 0 aliphatic carbocycles. The van der Waals surface area contributed by atoms with E-state index < -0.39 is 6.10 Å². The molecule has 1 aliphatic heterocycles. The van der Waals surface area contributed by atoms with Gasteiger partial charge < -0.3 is 14.3 Å². The van der Waals surface area contributed by atoms with E-state index in [1.165, 1.54) is 0 Å². The minimum atomic E-state index is -0.712. The summed E-state index contributed by atoms with van der Waals surface area (Å²) in [6.07, 6.45) is 0.190. The molecule has 2 unspecified atom stereocenters. The number of benzene rings is 1. The van der Waals surface area contributed by atoms with Crippen LogP contribution in [0, 0.1) is 6.92 Å². The molecule has 0 radical (unpaired) electrons. The third-order valence-corrected chi connectivity index (χ3v) is 4.12. The van der Waals surface area contributed by atoms with Gasteiger partial charge in [-0.1, -0.05) is 25.1 Å². The second kappa shape index (κ2) is 6.18. The zero-order valence-electron chi connectivity index (χ0n) is 12.7. The van der Waals surface area contributed by atoms with E-state index in [1.54, 1.807) is 0 Å². The van der Waals surface area contributed by atoms with Gasteiger partial charge >= 0.3 is 0 Å². The number of morpholine rings is 1. The van der Waals surface area contributed by atoms with E-state index in [-0.39, 0.29) is 6.10 Å². The van der Waals surface area contributed by atoms with Crippen molar-refractivity contribution in [1.29, 1.82) is 0 Å². The fourth-order valence-corrected chi connectivity index (χ4v) is 3.00. The van der Waals surface area contributed by atoms with Crippen molar-refractivity contribution in [1.82, 2.24) is 4.90 Å². The highest BCUT2D eigenvalue weighted by Crippen LogP contribution is 2.29. The summed E-state index contributed by atoms with van der Waals surface area (Å²) >= 11 is 0. The van der Waals surface area contributed by atoms with Gasteiger partial charge in [-0.3, -0.25) is 4.90 Å². The van der Waals surface area contributed by atoms with Crippen LogP contribution in [0.1, 0.15) is 30.8 Å². The highest BCUT2D eigenvalue weighted by molar-refractivity contribution is 5.80. The van der Waals surface area contributed by atoms with Gasteiger partial charge in [-0.15, -0.1) is 0 Å². The minimum Gasteiger partial charge on any atom is -0.458 e. The quantitative estimate of drug-likeness (QED) is 0.940. The van der Waals surface area contributed by atoms with Crippen LogP contribution in [0.2, 0.25) is 0 Å². The molecule has 1 aromatic heterocycles. The first kappa shape index (κ1) is 14.6. The standard InChI is InChI=1S/C17H23NO3/c1-3-7-18-8-9-20-15(11-18)16(19)14-10-13-6-4-5-12(2)17(13)21-14/h4-6,10,15-16,19H,3,7-9,11H2,1-2H3. The lowest BCUT2D eigenvalue weighted by Crippen LogP contribution is -2.45. The third-order valence-electron chi connectivity index (χ3n) is 4.12. The molecule has 2 atom stereocenters. The number of aliphatic hydroxyl groups excluding tert-OH is 1. The summed E-state index contributed by atoms with van der Waals surface area (Å²) in [5, 5.41) is 11.6. The van der Waals surface area contributed by atoms with Crippen LogP contribution in [-0.2, 0) is 4.74 Å². The van der Waals surface area contributed by atoms with Crippen LogP contribution in [0.4, 0.5) is 0 Å². The van der Waals surface area contributed by atoms with Crippen LogP contribution in [-0.4, -0.2) is 42.4 Å². The van der Waals surface area contributed by atoms with Crippen molar-refractivity contribution >= 4 is 11.0 Å². The topological polar surface area (TPSA) is 45.8 Å². The van der Waals surface area contributed by atoms with Crippen molar-refractivity contribution in [3.63, 3.8) is 0 Å². The summed E-state index contributed by atoms with van der Waals surface area (Å²) in [5.74, 6) is 0.600. The summed E-state index contributed by atoms with van der Waals surface area (Å²) in [6.45, 7) is 7.60. The zero-order chi connectivity index (χ0) is 14.8. The first-order valence-electron chi connectivity index (χ1n) is 7.70. The maximum absolute atomic E-state index is 10.6. The Hall–Kier alpha value is -1.36. The molecule has 2 heterocycles. The largest absolute Gasteiger partial charge is 0.458 e. The Morgan fingerprint density at radius 2 is 2.29 bits per heavy atom. The first-order valence-corrected chi connectivity index (χ1v) is 7.70. The average Bonchev–Trinajstić information content (AvgIpc) is 2.93. The van der Waals surface area contributed by atoms with E-state index in [1.807, 2.05) is 31.2 Å². The Morgan fingerprint density at radius 3 is 3.05 bits per heavy atom. The van der Waals surface area contributed by atoms with Crippen LogP contribution in [0.25, 0.3) is 11.0 Å². The number of nitrogens with zero attached hydrogens (tertiary/aromatic N) is 1. The zero-order valence-corrected chi connectivity index (χ0v) is 12.7. The minimum absolute atomic E-state index is 0.217. The molecular formula is C17H23NO3. The van der Waals surface area contributed by atoms with Gasteiger partial charge in [0.25, 0.3) is 0 Å². The van der Waals surface area contributed by atoms with Gasteiger partial charge in [0.1, 0.15) is 23.6 Å². The summed E-state index contributed by atoms with van der Waals surface area (Å²) in [7, 11) is 0. The molecule has 0 saturated carbocycles. The summed E-state index contributed by atoms with van der Waals surface area (Å²) in [6, 6.07) is 7.95.